The molecule has 0 aliphatic carbocycles. The summed E-state index contributed by atoms with van der Waals surface area (Å²) in [7, 11) is 3.52. The molecule has 20 nitrogen and oxygen atoms in total. The minimum atomic E-state index is -1.24. The van der Waals surface area contributed by atoms with E-state index in [0.717, 1.165) is 7.11 Å². The van der Waals surface area contributed by atoms with E-state index in [1.54, 1.807) is 13.8 Å². The smallest absolute Gasteiger partial charge is 0.325 e. The first-order valence-electron chi connectivity index (χ1n) is 13.4. The van der Waals surface area contributed by atoms with Gasteiger partial charge in [0.2, 0.25) is 23.0 Å². The molecule has 24 heteroatoms. The number of halogens is 4. The van der Waals surface area contributed by atoms with Gasteiger partial charge in [0, 0.05) is 37.2 Å². The van der Waals surface area contributed by atoms with Crippen LogP contribution < -0.4 is 21.7 Å². The van der Waals surface area contributed by atoms with Gasteiger partial charge in [-0.1, -0.05) is 0 Å². The quantitative estimate of drug-likeness (QED) is 0.0657. The molecule has 2 rings (SSSR count). The second-order valence-corrected chi connectivity index (χ2v) is 8.51. The normalized spacial score (nSPS) is 13.0. The van der Waals surface area contributed by atoms with Crippen LogP contribution in [0.3, 0.4) is 0 Å². The molecule has 0 saturated carbocycles. The highest BCUT2D eigenvalue weighted by Gasteiger charge is 2.39. The number of ether oxygens (including phenoxy) is 5. The third kappa shape index (κ3) is 34.6. The summed E-state index contributed by atoms with van der Waals surface area (Å²) in [5, 5.41) is 6.15. The summed E-state index contributed by atoms with van der Waals surface area (Å²) in [5.74, 6) is -5.88. The van der Waals surface area contributed by atoms with E-state index in [2.05, 4.69) is 76.9 Å². The van der Waals surface area contributed by atoms with Crippen molar-refractivity contribution in [2.75, 3.05) is 60.7 Å². The summed E-state index contributed by atoms with van der Waals surface area (Å²) in [4.78, 5) is 115. The summed E-state index contributed by atoms with van der Waals surface area (Å²) >= 11 is 9.05. The van der Waals surface area contributed by atoms with Crippen LogP contribution in [0.2, 0.25) is 0 Å². The van der Waals surface area contributed by atoms with Gasteiger partial charge in [0.1, 0.15) is 19.4 Å². The topological polar surface area (TPSA) is 296 Å². The predicted octanol–water partition coefficient (Wildman–Crippen LogP) is -1.20. The average Bonchev–Trinajstić information content (AvgIpc) is 3.62. The lowest BCUT2D eigenvalue weighted by atomic mass is 10.1. The van der Waals surface area contributed by atoms with Crippen molar-refractivity contribution in [3.8, 4) is 0 Å². The number of amides is 3. The van der Waals surface area contributed by atoms with Crippen LogP contribution in [-0.2, 0) is 76.4 Å². The highest BCUT2D eigenvalue weighted by Crippen LogP contribution is 2.06. The van der Waals surface area contributed by atoms with Gasteiger partial charge in [-0.05, 0) is 25.4 Å². The SMILES string of the molecule is CCOC(=O)CN.CCOC(=O)CNC(=O)CC(=O)OC.COC(=O)C1C(=O)CNC1=O.COC(=O)CC(=O)Cl.Cl.II.O=C1CNC(=O)C1. The van der Waals surface area contributed by atoms with Crippen molar-refractivity contribution in [1.82, 2.24) is 16.0 Å². The number of carbonyl (C=O) groups excluding carboxylic acids is 11. The Hall–Kier alpha value is -3.23. The number of nitrogens with two attached hydrogens (primary N) is 1. The molecule has 2 saturated heterocycles. The lowest BCUT2D eigenvalue weighted by Crippen LogP contribution is -2.32. The molecule has 0 radical (unpaired) electrons. The number of carbonyl (C=O) groups is 11. The van der Waals surface area contributed by atoms with Crippen LogP contribution in [0, 0.1) is 5.92 Å². The van der Waals surface area contributed by atoms with Gasteiger partial charge in [-0.15, -0.1) is 12.4 Å². The van der Waals surface area contributed by atoms with Crippen molar-refractivity contribution in [2.24, 2.45) is 11.7 Å². The average molecular weight is 989 g/mol. The Bertz CT molecular complexity index is 1120. The summed E-state index contributed by atoms with van der Waals surface area (Å²) in [6, 6.07) is 0. The van der Waals surface area contributed by atoms with Gasteiger partial charge in [-0.2, -0.15) is 0 Å². The first kappa shape index (κ1) is 56.2. The first-order chi connectivity index (χ1) is 23.0. The van der Waals surface area contributed by atoms with Crippen LogP contribution in [0.15, 0.2) is 0 Å². The molecule has 0 aromatic rings. The van der Waals surface area contributed by atoms with E-state index in [4.69, 9.17) is 17.3 Å². The zero-order chi connectivity index (χ0) is 38.9. The Balaban J connectivity index is -0.000000170. The molecular weight excluding hydrogens is 949 g/mol. The van der Waals surface area contributed by atoms with Crippen LogP contribution in [-0.4, -0.2) is 125 Å². The van der Waals surface area contributed by atoms with Gasteiger partial charge in [0.05, 0.1) is 60.6 Å². The number of Topliss-reactive ketones (excluding diaryl/α,β-unsaturated/α-hetero) is 2. The monoisotopic (exact) mass is 988 g/mol. The second-order valence-electron chi connectivity index (χ2n) is 8.08. The zero-order valence-electron chi connectivity index (χ0n) is 27.6. The second kappa shape index (κ2) is 37.0. The summed E-state index contributed by atoms with van der Waals surface area (Å²) in [6.45, 7) is 3.98. The van der Waals surface area contributed by atoms with Crippen molar-refractivity contribution in [3.05, 3.63) is 0 Å². The van der Waals surface area contributed by atoms with Crippen LogP contribution in [0.1, 0.15) is 33.1 Å². The molecule has 2 aliphatic heterocycles. The van der Waals surface area contributed by atoms with E-state index in [1.807, 2.05) is 0 Å². The van der Waals surface area contributed by atoms with E-state index in [0.29, 0.717) is 6.61 Å². The Morgan fingerprint density at radius 2 is 1.30 bits per heavy atom. The number of methoxy groups -OCH3 is 3. The molecule has 0 spiro atoms. The first-order valence-corrected chi connectivity index (χ1v) is 20.1. The Morgan fingerprint density at radius 3 is 1.58 bits per heavy atom. The van der Waals surface area contributed by atoms with Crippen LogP contribution in [0.25, 0.3) is 0 Å². The summed E-state index contributed by atoms with van der Waals surface area (Å²) in [5.41, 5.74) is 4.88. The van der Waals surface area contributed by atoms with Crippen molar-refractivity contribution >= 4 is 126 Å². The maximum absolute atomic E-state index is 10.9. The van der Waals surface area contributed by atoms with Crippen LogP contribution in [0.5, 0.6) is 0 Å². The molecule has 2 fully saturated rings. The molecule has 1 atom stereocenters. The number of hydrogen-bond donors (Lipinski definition) is 4. The van der Waals surface area contributed by atoms with Gasteiger partial charge in [-0.25, -0.2) is 0 Å². The minimum Gasteiger partial charge on any atom is -0.469 e. The molecule has 0 bridgehead atoms. The highest BCUT2D eigenvalue weighted by atomic mass is 128. The van der Waals surface area contributed by atoms with E-state index in [9.17, 15) is 52.7 Å². The van der Waals surface area contributed by atoms with E-state index in [-0.39, 0.29) is 75.7 Å². The number of rotatable bonds is 10. The number of hydrogen-bond acceptors (Lipinski definition) is 17. The van der Waals surface area contributed by atoms with Gasteiger partial charge in [0.15, 0.2) is 17.5 Å². The predicted molar refractivity (Wildman–Crippen MR) is 191 cm³/mol. The molecular formula is C26H40Cl2I2N4O16. The van der Waals surface area contributed by atoms with E-state index < -0.39 is 59.1 Å². The van der Waals surface area contributed by atoms with Gasteiger partial charge >= 0.3 is 29.8 Å². The van der Waals surface area contributed by atoms with Gasteiger partial charge in [0.25, 0.3) is 0 Å². The fourth-order valence-electron chi connectivity index (χ4n) is 2.44. The molecule has 0 aromatic carbocycles. The van der Waals surface area contributed by atoms with Gasteiger partial charge < -0.3 is 45.4 Å². The molecule has 3 amide bonds. The molecule has 288 valence electrons. The summed E-state index contributed by atoms with van der Waals surface area (Å²) < 4.78 is 21.6. The third-order valence-electron chi connectivity index (χ3n) is 4.55. The maximum atomic E-state index is 10.9. The van der Waals surface area contributed by atoms with Crippen molar-refractivity contribution in [3.63, 3.8) is 0 Å². The number of esters is 5. The lowest BCUT2D eigenvalue weighted by Gasteiger charge is -2.03. The van der Waals surface area contributed by atoms with Crippen molar-refractivity contribution in [1.29, 1.82) is 0 Å². The Kier molecular flexibility index (Phi) is 41.6. The Morgan fingerprint density at radius 1 is 0.800 bits per heavy atom. The molecule has 2 heterocycles. The molecule has 50 heavy (non-hydrogen) atoms. The standard InChI is InChI=1S/C8H13NO5.C6H7NO4.C4H5ClO3.C4H5NO2.C4H9NO2.ClH.I2/c1-3-14-8(12)5-9-6(10)4-7(11)13-2;1-11-6(10)4-3(8)2-7-5(4)9;1-8-4(7)2-3(5)6;6-3-1-4(7)5-2-3;1-2-7-4(6)3-5;;1-2/h3-5H2,1-2H3,(H,9,10);4H,2H2,1H3,(H,7,9);2H2,1H3;1-2H2,(H,5,7);2-3,5H2,1H3;1H;. The maximum Gasteiger partial charge on any atom is 0.325 e. The molecule has 0 aromatic heterocycles. The molecule has 5 N–H and O–H groups in total. The molecule has 2 aliphatic rings. The Labute approximate surface area is 321 Å². The van der Waals surface area contributed by atoms with Crippen molar-refractivity contribution < 1.29 is 76.4 Å². The third-order valence-corrected chi connectivity index (χ3v) is 4.68. The van der Waals surface area contributed by atoms with Crippen molar-refractivity contribution in [2.45, 2.75) is 33.1 Å². The molecule has 1 unspecified atom stereocenters. The van der Waals surface area contributed by atoms with E-state index >= 15 is 0 Å². The van der Waals surface area contributed by atoms with Crippen LogP contribution >= 0.6 is 61.2 Å². The van der Waals surface area contributed by atoms with E-state index in [1.165, 1.54) is 14.2 Å². The fourth-order valence-corrected chi connectivity index (χ4v) is 2.55. The largest absolute Gasteiger partial charge is 0.469 e. The minimum absolute atomic E-state index is 0. The summed E-state index contributed by atoms with van der Waals surface area (Å²) in [6.07, 6.45) is -0.659. The fraction of sp³-hybridized carbons (Fsp3) is 0.577. The highest BCUT2D eigenvalue weighted by molar-refractivity contribution is 15.0. The number of nitrogens with one attached hydrogen (secondary N) is 3. The number of ketones is 2. The van der Waals surface area contributed by atoms with Crippen LogP contribution in [0.4, 0.5) is 0 Å². The lowest BCUT2D eigenvalue weighted by molar-refractivity contribution is -0.151. The zero-order valence-corrected chi connectivity index (χ0v) is 33.5. The van der Waals surface area contributed by atoms with Gasteiger partial charge in [-0.3, -0.25) is 52.7 Å².